The lowest BCUT2D eigenvalue weighted by molar-refractivity contribution is -0.119. The summed E-state index contributed by atoms with van der Waals surface area (Å²) in [6, 6.07) is 17.5. The number of benzene rings is 2. The Bertz CT molecular complexity index is 1160. The number of aromatic nitrogens is 1. The summed E-state index contributed by atoms with van der Waals surface area (Å²) in [5.41, 5.74) is 1.42. The molecule has 7 heteroatoms. The molecule has 2 N–H and O–H groups in total. The molecule has 0 radical (unpaired) electrons. The number of thiophene rings is 1. The topological polar surface area (TPSA) is 71.1 Å². The molecule has 28 heavy (non-hydrogen) atoms. The monoisotopic (exact) mass is 407 g/mol. The number of nitrogens with zero attached hydrogens (tertiary/aromatic N) is 1. The van der Waals surface area contributed by atoms with Crippen LogP contribution in [0.25, 0.3) is 21.3 Å². The van der Waals surface area contributed by atoms with Crippen LogP contribution in [0.2, 0.25) is 0 Å². The number of hydrogen-bond acceptors (Lipinski definition) is 5. The zero-order valence-electron chi connectivity index (χ0n) is 15.1. The Morgan fingerprint density at radius 2 is 1.86 bits per heavy atom. The van der Waals surface area contributed by atoms with Crippen molar-refractivity contribution in [1.82, 2.24) is 10.3 Å². The van der Waals surface area contributed by atoms with E-state index in [9.17, 15) is 9.59 Å². The molecular weight excluding hydrogens is 390 g/mol. The van der Waals surface area contributed by atoms with Gasteiger partial charge in [-0.2, -0.15) is 0 Å². The van der Waals surface area contributed by atoms with E-state index in [1.54, 1.807) is 11.3 Å². The van der Waals surface area contributed by atoms with Gasteiger partial charge >= 0.3 is 0 Å². The first-order valence-electron chi connectivity index (χ1n) is 8.68. The Labute approximate surface area is 170 Å². The van der Waals surface area contributed by atoms with Gasteiger partial charge in [0.2, 0.25) is 5.91 Å². The van der Waals surface area contributed by atoms with E-state index in [0.717, 1.165) is 26.2 Å². The van der Waals surface area contributed by atoms with E-state index in [1.807, 2.05) is 60.0 Å². The lowest BCUT2D eigenvalue weighted by atomic mass is 10.1. The molecule has 4 aromatic rings. The minimum atomic E-state index is -0.177. The van der Waals surface area contributed by atoms with Crippen molar-refractivity contribution >= 4 is 50.4 Å². The molecular formula is C21H17N3O2S2. The van der Waals surface area contributed by atoms with Gasteiger partial charge in [0.15, 0.2) is 5.13 Å². The summed E-state index contributed by atoms with van der Waals surface area (Å²) in [4.78, 5) is 30.2. The van der Waals surface area contributed by atoms with Crippen molar-refractivity contribution in [1.29, 1.82) is 0 Å². The first-order chi connectivity index (χ1) is 13.6. The summed E-state index contributed by atoms with van der Waals surface area (Å²) in [6.07, 6.45) is 0. The van der Waals surface area contributed by atoms with Gasteiger partial charge in [-0.25, -0.2) is 4.98 Å². The molecule has 5 nitrogen and oxygen atoms in total. The molecule has 0 spiro atoms. The number of amides is 2. The van der Waals surface area contributed by atoms with Gasteiger partial charge in [-0.1, -0.05) is 30.3 Å². The predicted molar refractivity (Wildman–Crippen MR) is 115 cm³/mol. The first kappa shape index (κ1) is 18.3. The molecule has 0 aliphatic carbocycles. The second kappa shape index (κ2) is 7.92. The standard InChI is InChI=1S/C21H17N3O2S2/c1-13(25)22-11-17-8-9-19(28-17)18-12-27-21(23-18)24-20(26)16-7-6-14-4-2-3-5-15(14)10-16/h2-10,12H,11H2,1H3,(H,22,25)(H,23,24,26). The van der Waals surface area contributed by atoms with Crippen LogP contribution in [0, 0.1) is 0 Å². The fourth-order valence-corrected chi connectivity index (χ4v) is 4.45. The molecule has 2 aromatic heterocycles. The average Bonchev–Trinajstić information content (AvgIpc) is 3.35. The minimum absolute atomic E-state index is 0.0534. The van der Waals surface area contributed by atoms with Crippen molar-refractivity contribution in [2.24, 2.45) is 0 Å². The van der Waals surface area contributed by atoms with Crippen LogP contribution in [0.1, 0.15) is 22.2 Å². The highest BCUT2D eigenvalue weighted by Crippen LogP contribution is 2.31. The maximum atomic E-state index is 12.6. The Morgan fingerprint density at radius 3 is 2.68 bits per heavy atom. The van der Waals surface area contributed by atoms with Crippen LogP contribution >= 0.6 is 22.7 Å². The maximum absolute atomic E-state index is 12.6. The fourth-order valence-electron chi connectivity index (χ4n) is 2.77. The van der Waals surface area contributed by atoms with E-state index in [1.165, 1.54) is 18.3 Å². The predicted octanol–water partition coefficient (Wildman–Crippen LogP) is 4.91. The molecule has 0 fully saturated rings. The van der Waals surface area contributed by atoms with Crippen LogP contribution in [-0.4, -0.2) is 16.8 Å². The van der Waals surface area contributed by atoms with E-state index >= 15 is 0 Å². The maximum Gasteiger partial charge on any atom is 0.257 e. The van der Waals surface area contributed by atoms with Crippen molar-refractivity contribution in [3.8, 4) is 10.6 Å². The lowest BCUT2D eigenvalue weighted by Gasteiger charge is -2.03. The second-order valence-electron chi connectivity index (χ2n) is 6.23. The van der Waals surface area contributed by atoms with Gasteiger partial charge in [0, 0.05) is 22.7 Å². The molecule has 0 aliphatic heterocycles. The summed E-state index contributed by atoms with van der Waals surface area (Å²) in [6.45, 7) is 2.01. The molecule has 0 bridgehead atoms. The normalized spacial score (nSPS) is 10.8. The smallest absolute Gasteiger partial charge is 0.257 e. The number of rotatable bonds is 5. The highest BCUT2D eigenvalue weighted by atomic mass is 32.1. The van der Waals surface area contributed by atoms with Crippen LogP contribution in [-0.2, 0) is 11.3 Å². The summed E-state index contributed by atoms with van der Waals surface area (Å²) >= 11 is 2.97. The summed E-state index contributed by atoms with van der Waals surface area (Å²) < 4.78 is 0. The zero-order valence-corrected chi connectivity index (χ0v) is 16.7. The average molecular weight is 408 g/mol. The van der Waals surface area contributed by atoms with Gasteiger partial charge in [-0.15, -0.1) is 22.7 Å². The molecule has 0 unspecified atom stereocenters. The van der Waals surface area contributed by atoms with E-state index in [0.29, 0.717) is 17.2 Å². The Hall–Kier alpha value is -3.03. The number of thiazole rings is 1. The minimum Gasteiger partial charge on any atom is -0.351 e. The summed E-state index contributed by atoms with van der Waals surface area (Å²) in [5.74, 6) is -0.230. The largest absolute Gasteiger partial charge is 0.351 e. The van der Waals surface area contributed by atoms with Crippen LogP contribution in [0.15, 0.2) is 60.0 Å². The van der Waals surface area contributed by atoms with Gasteiger partial charge in [0.25, 0.3) is 5.91 Å². The van der Waals surface area contributed by atoms with E-state index in [-0.39, 0.29) is 11.8 Å². The number of nitrogens with one attached hydrogen (secondary N) is 2. The number of anilines is 1. The molecule has 0 atom stereocenters. The van der Waals surface area contributed by atoms with Crippen molar-refractivity contribution in [3.63, 3.8) is 0 Å². The molecule has 4 rings (SSSR count). The van der Waals surface area contributed by atoms with E-state index in [2.05, 4.69) is 15.6 Å². The van der Waals surface area contributed by atoms with Crippen LogP contribution < -0.4 is 10.6 Å². The SMILES string of the molecule is CC(=O)NCc1ccc(-c2csc(NC(=O)c3ccc4ccccc4c3)n2)s1. The molecule has 2 heterocycles. The van der Waals surface area contributed by atoms with Crippen molar-refractivity contribution in [2.45, 2.75) is 13.5 Å². The van der Waals surface area contributed by atoms with Crippen molar-refractivity contribution in [3.05, 3.63) is 70.4 Å². The van der Waals surface area contributed by atoms with Crippen LogP contribution in [0.3, 0.4) is 0 Å². The van der Waals surface area contributed by atoms with Crippen molar-refractivity contribution in [2.75, 3.05) is 5.32 Å². The van der Waals surface area contributed by atoms with Gasteiger partial charge in [-0.05, 0) is 35.0 Å². The molecule has 0 saturated heterocycles. The van der Waals surface area contributed by atoms with Gasteiger partial charge in [0.1, 0.15) is 0 Å². The third-order valence-corrected chi connectivity index (χ3v) is 6.03. The fraction of sp³-hybridized carbons (Fsp3) is 0.0952. The van der Waals surface area contributed by atoms with E-state index < -0.39 is 0 Å². The third-order valence-electron chi connectivity index (χ3n) is 4.16. The zero-order chi connectivity index (χ0) is 19.5. The molecule has 2 aromatic carbocycles. The second-order valence-corrected chi connectivity index (χ2v) is 8.26. The first-order valence-corrected chi connectivity index (χ1v) is 10.4. The van der Waals surface area contributed by atoms with Gasteiger partial charge in [0.05, 0.1) is 17.1 Å². The summed E-state index contributed by atoms with van der Waals surface area (Å²) in [5, 5.41) is 10.3. The van der Waals surface area contributed by atoms with Crippen molar-refractivity contribution < 1.29 is 9.59 Å². The molecule has 2 amide bonds. The number of carbonyl (C=O) groups is 2. The number of hydrogen-bond donors (Lipinski definition) is 2. The quantitative estimate of drug-likeness (QED) is 0.494. The van der Waals surface area contributed by atoms with Gasteiger partial charge in [-0.3, -0.25) is 14.9 Å². The molecule has 0 aliphatic rings. The molecule has 140 valence electrons. The molecule has 0 saturated carbocycles. The summed E-state index contributed by atoms with van der Waals surface area (Å²) in [7, 11) is 0. The van der Waals surface area contributed by atoms with Gasteiger partial charge < -0.3 is 5.32 Å². The van der Waals surface area contributed by atoms with E-state index in [4.69, 9.17) is 0 Å². The highest BCUT2D eigenvalue weighted by molar-refractivity contribution is 7.17. The highest BCUT2D eigenvalue weighted by Gasteiger charge is 2.12. The number of fused-ring (bicyclic) bond motifs is 1. The van der Waals surface area contributed by atoms with Crippen LogP contribution in [0.4, 0.5) is 5.13 Å². The Kier molecular flexibility index (Phi) is 5.18. The third kappa shape index (κ3) is 4.11. The number of carbonyl (C=O) groups excluding carboxylic acids is 2. The Balaban J connectivity index is 1.46. The lowest BCUT2D eigenvalue weighted by Crippen LogP contribution is -2.17. The Morgan fingerprint density at radius 1 is 1.04 bits per heavy atom. The van der Waals surface area contributed by atoms with Crippen LogP contribution in [0.5, 0.6) is 0 Å².